The van der Waals surface area contributed by atoms with Crippen molar-refractivity contribution in [2.45, 2.75) is 63.5 Å². The molecule has 2 heterocycles. The van der Waals surface area contributed by atoms with Gasteiger partial charge in [-0.3, -0.25) is 4.40 Å². The number of hydrogen-bond donors (Lipinski definition) is 3. The maximum absolute atomic E-state index is 12.4. The van der Waals surface area contributed by atoms with Gasteiger partial charge in [-0.05, 0) is 31.4 Å². The van der Waals surface area contributed by atoms with Gasteiger partial charge in [0, 0.05) is 12.7 Å². The molecule has 1 unspecified atom stereocenters. The van der Waals surface area contributed by atoms with E-state index in [1.54, 1.807) is 0 Å². The Labute approximate surface area is 147 Å². The van der Waals surface area contributed by atoms with Crippen molar-refractivity contribution in [3.05, 3.63) is 30.2 Å². The Morgan fingerprint density at radius 1 is 1.32 bits per heavy atom. The molecule has 0 spiro atoms. The molecule has 7 nitrogen and oxygen atoms in total. The quantitative estimate of drug-likeness (QED) is 0.750. The Balaban J connectivity index is 1.64. The van der Waals surface area contributed by atoms with Gasteiger partial charge in [0.15, 0.2) is 11.5 Å². The number of amides is 2. The standard InChI is InChI=1S/C18H27N5O2/c1-2-8-14(16-22-21-15-9-4-7-12-23(15)16)20-17(24)19-13-18(25)10-5-3-6-11-18/h4,7,9,12,14,25H,2-3,5-6,8,10-11,13H2,1H3,(H2,19,20,24). The van der Waals surface area contributed by atoms with Crippen molar-refractivity contribution in [1.29, 1.82) is 0 Å². The zero-order chi connectivity index (χ0) is 17.7. The van der Waals surface area contributed by atoms with Crippen molar-refractivity contribution >= 4 is 11.7 Å². The molecular weight excluding hydrogens is 318 g/mol. The summed E-state index contributed by atoms with van der Waals surface area (Å²) in [6.07, 6.45) is 8.28. The first-order valence-corrected chi connectivity index (χ1v) is 9.18. The van der Waals surface area contributed by atoms with Crippen LogP contribution in [0.25, 0.3) is 5.65 Å². The van der Waals surface area contributed by atoms with Crippen LogP contribution in [0.15, 0.2) is 24.4 Å². The van der Waals surface area contributed by atoms with E-state index in [2.05, 4.69) is 27.8 Å². The lowest BCUT2D eigenvalue weighted by Crippen LogP contribution is -2.48. The molecule has 0 radical (unpaired) electrons. The number of fused-ring (bicyclic) bond motifs is 1. The number of nitrogens with one attached hydrogen (secondary N) is 2. The highest BCUT2D eigenvalue weighted by Crippen LogP contribution is 2.27. The molecule has 2 aromatic heterocycles. The predicted molar refractivity (Wildman–Crippen MR) is 95.2 cm³/mol. The number of carbonyl (C=O) groups is 1. The van der Waals surface area contributed by atoms with Gasteiger partial charge < -0.3 is 15.7 Å². The van der Waals surface area contributed by atoms with Crippen LogP contribution in [0.5, 0.6) is 0 Å². The number of rotatable bonds is 6. The molecule has 1 atom stereocenters. The van der Waals surface area contributed by atoms with E-state index in [9.17, 15) is 9.90 Å². The average molecular weight is 345 g/mol. The van der Waals surface area contributed by atoms with Crippen LogP contribution >= 0.6 is 0 Å². The van der Waals surface area contributed by atoms with Gasteiger partial charge in [-0.15, -0.1) is 10.2 Å². The molecule has 0 aliphatic heterocycles. The van der Waals surface area contributed by atoms with Gasteiger partial charge in [-0.1, -0.05) is 38.7 Å². The van der Waals surface area contributed by atoms with Crippen LogP contribution in [0.2, 0.25) is 0 Å². The summed E-state index contributed by atoms with van der Waals surface area (Å²) in [6.45, 7) is 2.36. The Bertz CT molecular complexity index is 708. The van der Waals surface area contributed by atoms with Gasteiger partial charge in [-0.2, -0.15) is 0 Å². The molecule has 1 aliphatic rings. The first kappa shape index (κ1) is 17.7. The molecule has 25 heavy (non-hydrogen) atoms. The molecule has 1 aliphatic carbocycles. The minimum Gasteiger partial charge on any atom is -0.388 e. The molecule has 136 valence electrons. The molecule has 2 amide bonds. The Hall–Kier alpha value is -2.15. The van der Waals surface area contributed by atoms with Crippen LogP contribution in [0.1, 0.15) is 63.7 Å². The lowest BCUT2D eigenvalue weighted by molar-refractivity contribution is 0.00711. The lowest BCUT2D eigenvalue weighted by atomic mass is 9.85. The van der Waals surface area contributed by atoms with Gasteiger partial charge in [0.25, 0.3) is 0 Å². The summed E-state index contributed by atoms with van der Waals surface area (Å²) in [5.41, 5.74) is -0.00505. The molecule has 1 fully saturated rings. The lowest BCUT2D eigenvalue weighted by Gasteiger charge is -2.32. The summed E-state index contributed by atoms with van der Waals surface area (Å²) < 4.78 is 1.90. The molecule has 0 saturated heterocycles. The van der Waals surface area contributed by atoms with Gasteiger partial charge in [0.05, 0.1) is 11.6 Å². The third kappa shape index (κ3) is 4.28. The monoisotopic (exact) mass is 345 g/mol. The second kappa shape index (κ2) is 7.82. The highest BCUT2D eigenvalue weighted by atomic mass is 16.3. The summed E-state index contributed by atoms with van der Waals surface area (Å²) in [5.74, 6) is 0.726. The first-order valence-electron chi connectivity index (χ1n) is 9.18. The molecule has 7 heteroatoms. The molecule has 2 aromatic rings. The van der Waals surface area contributed by atoms with Crippen LogP contribution in [0.3, 0.4) is 0 Å². The van der Waals surface area contributed by atoms with E-state index in [0.717, 1.165) is 56.4 Å². The number of aliphatic hydroxyl groups is 1. The number of nitrogens with zero attached hydrogens (tertiary/aromatic N) is 3. The van der Waals surface area contributed by atoms with E-state index in [0.29, 0.717) is 0 Å². The van der Waals surface area contributed by atoms with E-state index in [1.165, 1.54) is 0 Å². The molecule has 1 saturated carbocycles. The summed E-state index contributed by atoms with van der Waals surface area (Å²) in [5, 5.41) is 24.7. The highest BCUT2D eigenvalue weighted by Gasteiger charge is 2.30. The maximum Gasteiger partial charge on any atom is 0.315 e. The largest absolute Gasteiger partial charge is 0.388 e. The van der Waals surface area contributed by atoms with E-state index < -0.39 is 5.60 Å². The van der Waals surface area contributed by atoms with E-state index in [-0.39, 0.29) is 18.6 Å². The first-order chi connectivity index (χ1) is 12.1. The van der Waals surface area contributed by atoms with Crippen molar-refractivity contribution in [2.75, 3.05) is 6.54 Å². The van der Waals surface area contributed by atoms with Crippen molar-refractivity contribution in [1.82, 2.24) is 25.2 Å². The number of hydrogen-bond acceptors (Lipinski definition) is 4. The van der Waals surface area contributed by atoms with E-state index in [4.69, 9.17) is 0 Å². The van der Waals surface area contributed by atoms with Gasteiger partial charge >= 0.3 is 6.03 Å². The summed E-state index contributed by atoms with van der Waals surface area (Å²) in [4.78, 5) is 12.4. The van der Waals surface area contributed by atoms with Crippen molar-refractivity contribution < 1.29 is 9.90 Å². The van der Waals surface area contributed by atoms with Crippen LogP contribution in [0, 0.1) is 0 Å². The van der Waals surface area contributed by atoms with Crippen LogP contribution in [-0.2, 0) is 0 Å². The minimum atomic E-state index is -0.766. The molecule has 0 aromatic carbocycles. The van der Waals surface area contributed by atoms with E-state index in [1.807, 2.05) is 28.8 Å². The third-order valence-electron chi connectivity index (χ3n) is 4.90. The second-order valence-corrected chi connectivity index (χ2v) is 6.94. The Kier molecular flexibility index (Phi) is 5.53. The normalized spacial score (nSPS) is 18.0. The molecule has 0 bridgehead atoms. The SMILES string of the molecule is CCCC(NC(=O)NCC1(O)CCCCC1)c1nnc2ccccn12. The second-order valence-electron chi connectivity index (χ2n) is 6.94. The molecular formula is C18H27N5O2. The summed E-state index contributed by atoms with van der Waals surface area (Å²) in [6, 6.07) is 5.22. The highest BCUT2D eigenvalue weighted by molar-refractivity contribution is 5.74. The summed E-state index contributed by atoms with van der Waals surface area (Å²) in [7, 11) is 0. The molecule has 3 rings (SSSR count). The Morgan fingerprint density at radius 2 is 2.12 bits per heavy atom. The third-order valence-corrected chi connectivity index (χ3v) is 4.90. The fraction of sp³-hybridized carbons (Fsp3) is 0.611. The van der Waals surface area contributed by atoms with Crippen molar-refractivity contribution in [3.8, 4) is 0 Å². The molecule has 3 N–H and O–H groups in total. The smallest absolute Gasteiger partial charge is 0.315 e. The fourth-order valence-corrected chi connectivity index (χ4v) is 3.49. The van der Waals surface area contributed by atoms with Gasteiger partial charge in [-0.25, -0.2) is 4.79 Å². The minimum absolute atomic E-state index is 0.219. The maximum atomic E-state index is 12.4. The van der Waals surface area contributed by atoms with Crippen LogP contribution in [0.4, 0.5) is 4.79 Å². The topological polar surface area (TPSA) is 91.5 Å². The number of carbonyl (C=O) groups excluding carboxylic acids is 1. The van der Waals surface area contributed by atoms with E-state index >= 15 is 0 Å². The fourth-order valence-electron chi connectivity index (χ4n) is 3.49. The van der Waals surface area contributed by atoms with Crippen LogP contribution < -0.4 is 10.6 Å². The number of urea groups is 1. The number of aromatic nitrogens is 3. The zero-order valence-corrected chi connectivity index (χ0v) is 14.7. The zero-order valence-electron chi connectivity index (χ0n) is 14.7. The van der Waals surface area contributed by atoms with Gasteiger partial charge in [0.1, 0.15) is 0 Å². The predicted octanol–water partition coefficient (Wildman–Crippen LogP) is 2.56. The average Bonchev–Trinajstić information content (AvgIpc) is 3.04. The Morgan fingerprint density at radius 3 is 2.88 bits per heavy atom. The van der Waals surface area contributed by atoms with Crippen molar-refractivity contribution in [3.63, 3.8) is 0 Å². The van der Waals surface area contributed by atoms with Gasteiger partial charge in [0.2, 0.25) is 0 Å². The summed E-state index contributed by atoms with van der Waals surface area (Å²) >= 11 is 0. The number of pyridine rings is 1. The van der Waals surface area contributed by atoms with Crippen LogP contribution in [-0.4, -0.2) is 37.9 Å². The van der Waals surface area contributed by atoms with Crippen molar-refractivity contribution in [2.24, 2.45) is 0 Å².